The number of hydrogen-bond acceptors (Lipinski definition) is 18. The third-order valence-electron chi connectivity index (χ3n) is 7.75. The molecule has 5 aliphatic rings. The van der Waals surface area contributed by atoms with Crippen LogP contribution in [0.25, 0.3) is 11.2 Å². The standard InChI is InChI=1S/C20H27FN10O8P2S4/c21-8-12-6(37-18(8)30-4-26-9-14(22)24-3-25-15(9)30)1-35-40(34,42)38-13-11(32)7(2-36-41(43,44)39-12)45-19(13)31-5-27-10-16(31)28-20(23)29-17(10)33/h3-8,10-13,16,18-20,28,32H,1-2,23H2,(H,29,33)(H,34,42)(H,43,44)(H2,22,24,25)/t6-,7-,8+,10?,11-,12-,13-,16?,18-,19-,20?,40?/m1/s1. The van der Waals surface area contributed by atoms with E-state index >= 15 is 4.39 Å². The van der Waals surface area contributed by atoms with Gasteiger partial charge in [0.1, 0.15) is 48.0 Å². The number of rotatable bonds is 2. The number of thiol groups is 1. The molecule has 4 fully saturated rings. The van der Waals surface area contributed by atoms with E-state index < -0.39 is 85.0 Å². The highest BCUT2D eigenvalue weighted by molar-refractivity contribution is 8.60. The zero-order chi connectivity index (χ0) is 31.8. The Bertz CT molecular complexity index is 1630. The second-order valence-electron chi connectivity index (χ2n) is 10.6. The van der Waals surface area contributed by atoms with Gasteiger partial charge in [-0.05, 0) is 23.6 Å². The number of imidazole rings is 1. The average molecular weight is 745 g/mol. The number of carbonyl (C=O) groups is 1. The van der Waals surface area contributed by atoms with E-state index in [1.54, 1.807) is 4.90 Å². The van der Waals surface area contributed by atoms with Gasteiger partial charge in [0.05, 0.1) is 37.2 Å². The Kier molecular flexibility index (Phi) is 8.70. The predicted octanol–water partition coefficient (Wildman–Crippen LogP) is -1.36. The normalized spacial score (nSPS) is 45.4. The van der Waals surface area contributed by atoms with Crippen molar-refractivity contribution in [2.24, 2.45) is 10.7 Å². The van der Waals surface area contributed by atoms with Gasteiger partial charge in [-0.25, -0.2) is 19.3 Å². The third kappa shape index (κ3) is 6.04. The highest BCUT2D eigenvalue weighted by Crippen LogP contribution is 2.59. The molecule has 0 aliphatic carbocycles. The van der Waals surface area contributed by atoms with Crippen molar-refractivity contribution in [2.75, 3.05) is 18.9 Å². The second-order valence-corrected chi connectivity index (χ2v) is 20.0. The van der Waals surface area contributed by atoms with Gasteiger partial charge in [0.25, 0.3) is 5.91 Å². The van der Waals surface area contributed by atoms with Crippen LogP contribution in [0.1, 0.15) is 6.23 Å². The number of nitrogens with one attached hydrogen (secondary N) is 2. The fraction of sp³-hybridized carbons (Fsp3) is 0.650. The van der Waals surface area contributed by atoms with E-state index in [0.717, 1.165) is 0 Å². The molecule has 45 heavy (non-hydrogen) atoms. The van der Waals surface area contributed by atoms with E-state index in [0.29, 0.717) is 0 Å². The fourth-order valence-electron chi connectivity index (χ4n) is 5.69. The topological polar surface area (TPSA) is 239 Å². The Labute approximate surface area is 273 Å². The molecule has 25 heteroatoms. The summed E-state index contributed by atoms with van der Waals surface area (Å²) in [7, 11) is 0. The minimum atomic E-state index is -4.13. The van der Waals surface area contributed by atoms with Crippen LogP contribution in [0.4, 0.5) is 10.2 Å². The van der Waals surface area contributed by atoms with Crippen LogP contribution in [0.3, 0.4) is 0 Å². The van der Waals surface area contributed by atoms with E-state index in [9.17, 15) is 14.8 Å². The highest BCUT2D eigenvalue weighted by Gasteiger charge is 2.55. The Morgan fingerprint density at radius 3 is 2.80 bits per heavy atom. The molecule has 1 amide bonds. The maximum Gasteiger partial charge on any atom is 0.325 e. The minimum Gasteiger partial charge on any atom is -0.389 e. The molecule has 5 unspecified atom stereocenters. The molecular weight excluding hydrogens is 717 g/mol. The second kappa shape index (κ2) is 12.1. The van der Waals surface area contributed by atoms with Crippen molar-refractivity contribution in [3.05, 3.63) is 12.7 Å². The summed E-state index contributed by atoms with van der Waals surface area (Å²) < 4.78 is 46.9. The molecular formula is C20H27FN10O8P2S4. The number of halogens is 1. The molecule has 0 aromatic carbocycles. The number of nitrogen functional groups attached to an aromatic ring is 1. The molecule has 13 atom stereocenters. The predicted molar refractivity (Wildman–Crippen MR) is 168 cm³/mol. The first-order valence-electron chi connectivity index (χ1n) is 13.3. The van der Waals surface area contributed by atoms with Crippen LogP contribution in [0, 0.1) is 0 Å². The van der Waals surface area contributed by atoms with Gasteiger partial charge in [-0.2, -0.15) is 0 Å². The van der Waals surface area contributed by atoms with Crippen LogP contribution in [0.15, 0.2) is 17.6 Å². The van der Waals surface area contributed by atoms with Gasteiger partial charge in [0.2, 0.25) is 5.69 Å². The van der Waals surface area contributed by atoms with E-state index in [-0.39, 0.29) is 29.5 Å². The molecule has 18 nitrogen and oxygen atoms in total. The number of anilines is 1. The molecule has 2 aromatic heterocycles. The number of alkyl halides is 1. The van der Waals surface area contributed by atoms with E-state index in [1.165, 1.54) is 35.3 Å². The Morgan fingerprint density at radius 2 is 2.00 bits per heavy atom. The lowest BCUT2D eigenvalue weighted by Gasteiger charge is -2.39. The highest BCUT2D eigenvalue weighted by atomic mass is 32.9. The van der Waals surface area contributed by atoms with Crippen molar-refractivity contribution in [1.82, 2.24) is 35.1 Å². The Morgan fingerprint density at radius 1 is 1.20 bits per heavy atom. The average Bonchev–Trinajstić information content (AvgIpc) is 3.72. The number of amides is 1. The Balaban J connectivity index is 1.16. The maximum absolute atomic E-state index is 16.1. The number of aliphatic hydroxyl groups is 1. The number of thioether (sulfide) groups is 1. The third-order valence-corrected chi connectivity index (χ3v) is 13.0. The first kappa shape index (κ1) is 32.4. The molecule has 0 radical (unpaired) electrons. The van der Waals surface area contributed by atoms with Gasteiger partial charge >= 0.3 is 6.72 Å². The van der Waals surface area contributed by atoms with Crippen molar-refractivity contribution >= 4 is 89.3 Å². The molecule has 0 saturated carbocycles. The van der Waals surface area contributed by atoms with Crippen molar-refractivity contribution in [1.29, 1.82) is 0 Å². The van der Waals surface area contributed by atoms with Crippen LogP contribution in [-0.4, -0.2) is 120 Å². The summed E-state index contributed by atoms with van der Waals surface area (Å²) >= 11 is 16.5. The van der Waals surface area contributed by atoms with Gasteiger partial charge < -0.3 is 44.3 Å². The number of hydrogen-bond donors (Lipinski definition) is 7. The summed E-state index contributed by atoms with van der Waals surface area (Å²) in [6.45, 7) is -4.80. The molecule has 7 rings (SSSR count). The van der Waals surface area contributed by atoms with Crippen molar-refractivity contribution < 1.29 is 42.0 Å². The van der Waals surface area contributed by atoms with E-state index in [2.05, 4.69) is 42.8 Å². The minimum absolute atomic E-state index is 0.0979. The number of aromatic nitrogens is 4. The number of carbonyl (C=O) groups excluding carboxylic acids is 1. The zero-order valence-electron chi connectivity index (χ0n) is 22.6. The summed E-state index contributed by atoms with van der Waals surface area (Å²) in [5, 5.41) is 15.5. The number of aliphatic imine (C=N–C) groups is 1. The lowest BCUT2D eigenvalue weighted by molar-refractivity contribution is -0.127. The van der Waals surface area contributed by atoms with Crippen LogP contribution in [0.2, 0.25) is 0 Å². The van der Waals surface area contributed by atoms with Crippen LogP contribution in [-0.2, 0) is 51.2 Å². The molecule has 246 valence electrons. The molecule has 4 saturated heterocycles. The number of aliphatic hydroxyl groups excluding tert-OH is 1. The van der Waals surface area contributed by atoms with Gasteiger partial charge in [-0.3, -0.25) is 29.9 Å². The van der Waals surface area contributed by atoms with E-state index in [1.807, 2.05) is 0 Å². The summed E-state index contributed by atoms with van der Waals surface area (Å²) in [6.07, 6.45) is -5.71. The van der Waals surface area contributed by atoms with Crippen molar-refractivity contribution in [3.63, 3.8) is 0 Å². The maximum atomic E-state index is 16.1. The quantitative estimate of drug-likeness (QED) is 0.139. The van der Waals surface area contributed by atoms with Crippen molar-refractivity contribution in [3.8, 4) is 0 Å². The van der Waals surface area contributed by atoms with Crippen LogP contribution >= 0.6 is 36.4 Å². The monoisotopic (exact) mass is 744 g/mol. The van der Waals surface area contributed by atoms with Crippen LogP contribution in [0.5, 0.6) is 0 Å². The summed E-state index contributed by atoms with van der Waals surface area (Å²) in [5.41, 5.74) is 8.80. The smallest absolute Gasteiger partial charge is 0.325 e. The van der Waals surface area contributed by atoms with Crippen LogP contribution < -0.4 is 22.1 Å². The number of nitrogens with zero attached hydrogens (tertiary/aromatic N) is 6. The van der Waals surface area contributed by atoms with Crippen molar-refractivity contribution in [2.45, 2.75) is 65.9 Å². The van der Waals surface area contributed by atoms with Gasteiger partial charge in [0.15, 0.2) is 29.9 Å². The number of fused-ring (bicyclic) bond motifs is 5. The molecule has 7 heterocycles. The molecule has 0 spiro atoms. The summed E-state index contributed by atoms with van der Waals surface area (Å²) in [4.78, 5) is 41.8. The number of ether oxygens (including phenoxy) is 1. The Hall–Kier alpha value is -1.14. The summed E-state index contributed by atoms with van der Waals surface area (Å²) in [6, 6.07) is -0.817. The first-order valence-corrected chi connectivity index (χ1v) is 20.6. The van der Waals surface area contributed by atoms with Gasteiger partial charge in [-0.1, -0.05) is 12.2 Å². The number of nitrogens with two attached hydrogens (primary N) is 2. The van der Waals surface area contributed by atoms with Gasteiger partial charge in [-0.15, -0.1) is 11.8 Å². The largest absolute Gasteiger partial charge is 0.389 e. The fourth-order valence-corrected chi connectivity index (χ4v) is 10.8. The SMILES string of the molecule is Nc1ncnc2c1ncn2[C@@H]1O[C@@H]2COP(O)(=S)O[C@@H]3[C@H](O)[C@@H](COP(=S)(S)O[C@H]2[C@@H]1F)S[C@H]3N1C=NC2C(=O)NC(N)NC21. The molecule has 8 N–H and O–H groups in total. The van der Waals surface area contributed by atoms with E-state index in [4.69, 9.17) is 57.9 Å². The lowest BCUT2D eigenvalue weighted by Crippen LogP contribution is -2.70. The molecule has 5 aliphatic heterocycles. The van der Waals surface area contributed by atoms with Gasteiger partial charge in [0, 0.05) is 0 Å². The zero-order valence-corrected chi connectivity index (χ0v) is 27.8. The first-order chi connectivity index (χ1) is 21.3. The lowest BCUT2D eigenvalue weighted by atomic mass is 10.1. The summed E-state index contributed by atoms with van der Waals surface area (Å²) in [5.74, 6) is -0.285. The molecule has 2 bridgehead atoms. The molecule has 2 aromatic rings.